The number of amides is 1. The van der Waals surface area contributed by atoms with E-state index in [9.17, 15) is 4.79 Å². The van der Waals surface area contributed by atoms with E-state index in [0.29, 0.717) is 18.3 Å². The Morgan fingerprint density at radius 3 is 2.85 bits per heavy atom. The van der Waals surface area contributed by atoms with E-state index >= 15 is 0 Å². The first-order valence-corrected chi connectivity index (χ1v) is 9.65. The standard InChI is InChI=1S/C22H23N3O2/c26-22(12-20-16-8-4-5-9-19(16)23-24-20)25-13-17(15-6-2-1-3-7-15)18-14-27-11-10-21(18)25/h1-9,17-18,21H,10-14H2,(H,23,24). The molecule has 138 valence electrons. The minimum Gasteiger partial charge on any atom is -0.381 e. The molecular formula is C22H23N3O2. The Hall–Kier alpha value is -2.66. The molecule has 2 fully saturated rings. The van der Waals surface area contributed by atoms with Gasteiger partial charge in [-0.05, 0) is 18.1 Å². The van der Waals surface area contributed by atoms with Gasteiger partial charge in [0.2, 0.25) is 5.91 Å². The van der Waals surface area contributed by atoms with Crippen molar-refractivity contribution in [2.75, 3.05) is 19.8 Å². The smallest absolute Gasteiger partial charge is 0.228 e. The third-order valence-corrected chi connectivity index (χ3v) is 6.09. The number of carbonyl (C=O) groups is 1. The lowest BCUT2D eigenvalue weighted by Crippen LogP contribution is -2.42. The first-order valence-electron chi connectivity index (χ1n) is 9.65. The molecule has 5 nitrogen and oxygen atoms in total. The Balaban J connectivity index is 1.41. The van der Waals surface area contributed by atoms with E-state index in [1.165, 1.54) is 5.56 Å². The van der Waals surface area contributed by atoms with Crippen molar-refractivity contribution in [3.8, 4) is 0 Å². The Bertz CT molecular complexity index is 952. The van der Waals surface area contributed by atoms with Crippen molar-refractivity contribution in [2.45, 2.75) is 24.8 Å². The average Bonchev–Trinajstić information content (AvgIpc) is 3.31. The first kappa shape index (κ1) is 16.5. The van der Waals surface area contributed by atoms with Crippen molar-refractivity contribution in [3.05, 3.63) is 65.9 Å². The largest absolute Gasteiger partial charge is 0.381 e. The molecule has 0 radical (unpaired) electrons. The number of ether oxygens (including phenoxy) is 1. The summed E-state index contributed by atoms with van der Waals surface area (Å²) in [7, 11) is 0. The number of nitrogens with zero attached hydrogens (tertiary/aromatic N) is 2. The molecule has 0 saturated carbocycles. The van der Waals surface area contributed by atoms with Gasteiger partial charge in [-0.2, -0.15) is 5.10 Å². The summed E-state index contributed by atoms with van der Waals surface area (Å²) in [4.78, 5) is 15.3. The topological polar surface area (TPSA) is 58.2 Å². The minimum absolute atomic E-state index is 0.180. The molecule has 2 aliphatic heterocycles. The summed E-state index contributed by atoms with van der Waals surface area (Å²) in [5.74, 6) is 0.905. The summed E-state index contributed by atoms with van der Waals surface area (Å²) >= 11 is 0. The fraction of sp³-hybridized carbons (Fsp3) is 0.364. The number of carbonyl (C=O) groups excluding carboxylic acids is 1. The van der Waals surface area contributed by atoms with Crippen LogP contribution in [0.1, 0.15) is 23.6 Å². The maximum atomic E-state index is 13.2. The van der Waals surface area contributed by atoms with Crippen LogP contribution in [0.25, 0.3) is 10.9 Å². The van der Waals surface area contributed by atoms with Crippen LogP contribution in [0.5, 0.6) is 0 Å². The highest BCUT2D eigenvalue weighted by Crippen LogP contribution is 2.41. The lowest BCUT2D eigenvalue weighted by atomic mass is 9.84. The summed E-state index contributed by atoms with van der Waals surface area (Å²) in [6.45, 7) is 2.24. The number of hydrogen-bond donors (Lipinski definition) is 1. The van der Waals surface area contributed by atoms with Gasteiger partial charge in [0.15, 0.2) is 0 Å². The number of benzene rings is 2. The monoisotopic (exact) mass is 361 g/mol. The number of rotatable bonds is 3. The quantitative estimate of drug-likeness (QED) is 0.780. The van der Waals surface area contributed by atoms with Crippen LogP contribution in [0.2, 0.25) is 0 Å². The second-order valence-electron chi connectivity index (χ2n) is 7.55. The number of nitrogens with one attached hydrogen (secondary N) is 1. The Kier molecular flexibility index (Phi) is 4.17. The highest BCUT2D eigenvalue weighted by molar-refractivity contribution is 5.87. The van der Waals surface area contributed by atoms with Crippen LogP contribution in [-0.4, -0.2) is 46.8 Å². The van der Waals surface area contributed by atoms with Crippen molar-refractivity contribution in [2.24, 2.45) is 5.92 Å². The molecule has 2 aliphatic rings. The normalized spacial score (nSPS) is 24.9. The Labute approximate surface area is 158 Å². The van der Waals surface area contributed by atoms with Gasteiger partial charge in [0.25, 0.3) is 0 Å². The molecule has 0 aliphatic carbocycles. The third kappa shape index (κ3) is 2.92. The lowest BCUT2D eigenvalue weighted by molar-refractivity contribution is -0.133. The molecule has 3 heterocycles. The van der Waals surface area contributed by atoms with Crippen LogP contribution in [0, 0.1) is 5.92 Å². The molecule has 3 aromatic rings. The van der Waals surface area contributed by atoms with Crippen LogP contribution in [0.4, 0.5) is 0 Å². The second kappa shape index (κ2) is 6.82. The molecule has 3 unspecified atom stereocenters. The maximum absolute atomic E-state index is 13.2. The van der Waals surface area contributed by atoms with Gasteiger partial charge in [0, 0.05) is 36.4 Å². The molecule has 5 rings (SSSR count). The van der Waals surface area contributed by atoms with Crippen molar-refractivity contribution in [1.82, 2.24) is 15.1 Å². The molecule has 3 atom stereocenters. The number of para-hydroxylation sites is 1. The molecule has 5 heteroatoms. The average molecular weight is 361 g/mol. The number of likely N-dealkylation sites (tertiary alicyclic amines) is 1. The van der Waals surface area contributed by atoms with Gasteiger partial charge in [-0.3, -0.25) is 9.89 Å². The third-order valence-electron chi connectivity index (χ3n) is 6.09. The van der Waals surface area contributed by atoms with E-state index in [-0.39, 0.29) is 11.9 Å². The number of fused-ring (bicyclic) bond motifs is 2. The van der Waals surface area contributed by atoms with Gasteiger partial charge in [0.1, 0.15) is 0 Å². The number of hydrogen-bond acceptors (Lipinski definition) is 3. The van der Waals surface area contributed by atoms with E-state index in [1.807, 2.05) is 30.3 Å². The zero-order valence-corrected chi connectivity index (χ0v) is 15.2. The Morgan fingerprint density at radius 1 is 1.15 bits per heavy atom. The van der Waals surface area contributed by atoms with Crippen LogP contribution >= 0.6 is 0 Å². The predicted octanol–water partition coefficient (Wildman–Crippen LogP) is 3.14. The van der Waals surface area contributed by atoms with Crippen molar-refractivity contribution in [3.63, 3.8) is 0 Å². The van der Waals surface area contributed by atoms with Crippen molar-refractivity contribution >= 4 is 16.8 Å². The van der Waals surface area contributed by atoms with E-state index < -0.39 is 0 Å². The highest BCUT2D eigenvalue weighted by Gasteiger charge is 2.45. The zero-order valence-electron chi connectivity index (χ0n) is 15.2. The summed E-state index contributed by atoms with van der Waals surface area (Å²) in [6, 6.07) is 18.8. The molecule has 1 aromatic heterocycles. The molecule has 0 spiro atoms. The van der Waals surface area contributed by atoms with Crippen molar-refractivity contribution in [1.29, 1.82) is 0 Å². The van der Waals surface area contributed by atoms with Gasteiger partial charge < -0.3 is 9.64 Å². The minimum atomic E-state index is 0.180. The van der Waals surface area contributed by atoms with Crippen molar-refractivity contribution < 1.29 is 9.53 Å². The van der Waals surface area contributed by atoms with Crippen LogP contribution < -0.4 is 0 Å². The lowest BCUT2D eigenvalue weighted by Gasteiger charge is -2.32. The van der Waals surface area contributed by atoms with Gasteiger partial charge in [0.05, 0.1) is 24.2 Å². The summed E-state index contributed by atoms with van der Waals surface area (Å²) < 4.78 is 5.77. The van der Waals surface area contributed by atoms with Gasteiger partial charge >= 0.3 is 0 Å². The zero-order chi connectivity index (χ0) is 18.2. The van der Waals surface area contributed by atoms with Gasteiger partial charge in [-0.15, -0.1) is 0 Å². The molecule has 2 aromatic carbocycles. The summed E-state index contributed by atoms with van der Waals surface area (Å²) in [6.07, 6.45) is 1.29. The van der Waals surface area contributed by atoms with Crippen LogP contribution in [-0.2, 0) is 16.0 Å². The maximum Gasteiger partial charge on any atom is 0.228 e. The number of aromatic nitrogens is 2. The van der Waals surface area contributed by atoms with Gasteiger partial charge in [-0.25, -0.2) is 0 Å². The highest BCUT2D eigenvalue weighted by atomic mass is 16.5. The summed E-state index contributed by atoms with van der Waals surface area (Å²) in [5, 5.41) is 8.42. The second-order valence-corrected chi connectivity index (χ2v) is 7.55. The van der Waals surface area contributed by atoms with E-state index in [1.54, 1.807) is 0 Å². The molecule has 1 N–H and O–H groups in total. The van der Waals surface area contributed by atoms with E-state index in [2.05, 4.69) is 39.4 Å². The molecule has 27 heavy (non-hydrogen) atoms. The number of aromatic amines is 1. The molecule has 0 bridgehead atoms. The van der Waals surface area contributed by atoms with E-state index in [0.717, 1.165) is 42.8 Å². The molecule has 2 saturated heterocycles. The summed E-state index contributed by atoms with van der Waals surface area (Å²) in [5.41, 5.74) is 3.12. The fourth-order valence-electron chi connectivity index (χ4n) is 4.74. The Morgan fingerprint density at radius 2 is 1.96 bits per heavy atom. The predicted molar refractivity (Wildman–Crippen MR) is 103 cm³/mol. The fourth-order valence-corrected chi connectivity index (χ4v) is 4.74. The van der Waals surface area contributed by atoms with Crippen LogP contribution in [0.3, 0.4) is 0 Å². The molecular weight excluding hydrogens is 338 g/mol. The molecule has 1 amide bonds. The van der Waals surface area contributed by atoms with Gasteiger partial charge in [-0.1, -0.05) is 48.5 Å². The van der Waals surface area contributed by atoms with E-state index in [4.69, 9.17) is 4.74 Å². The van der Waals surface area contributed by atoms with Crippen LogP contribution in [0.15, 0.2) is 54.6 Å². The number of H-pyrrole nitrogens is 1. The SMILES string of the molecule is O=C(Cc1[nH]nc2ccccc12)N1CC(c2ccccc2)C2COCCC21. The first-order chi connectivity index (χ1) is 13.3.